The number of hydrogen-bond donors (Lipinski definition) is 0. The van der Waals surface area contributed by atoms with Gasteiger partial charge < -0.3 is 9.47 Å². The molecule has 6 nitrogen and oxygen atoms in total. The van der Waals surface area contributed by atoms with Crippen LogP contribution >= 0.6 is 0 Å². The van der Waals surface area contributed by atoms with E-state index in [0.29, 0.717) is 12.8 Å². The van der Waals surface area contributed by atoms with E-state index in [1.54, 1.807) is 37.3 Å². The first-order valence-corrected chi connectivity index (χ1v) is 10.3. The summed E-state index contributed by atoms with van der Waals surface area (Å²) in [5.41, 5.74) is 0.972. The molecule has 1 aliphatic rings. The molecular weight excluding hydrogens is 354 g/mol. The first kappa shape index (κ1) is 20.2. The monoisotopic (exact) mass is 379 g/mol. The van der Waals surface area contributed by atoms with Crippen molar-refractivity contribution in [3.8, 4) is 0 Å². The van der Waals surface area contributed by atoms with Crippen LogP contribution in [0.3, 0.4) is 0 Å². The van der Waals surface area contributed by atoms with Gasteiger partial charge in [0.1, 0.15) is 6.10 Å². The Hall–Kier alpha value is -2.15. The second-order valence-electron chi connectivity index (χ2n) is 6.21. The average Bonchev–Trinajstić information content (AvgIpc) is 2.98. The molecule has 0 aliphatic carbocycles. The first-order valence-electron chi connectivity index (χ1n) is 8.75. The normalized spacial score (nSPS) is 20.5. The van der Waals surface area contributed by atoms with Gasteiger partial charge in [0.15, 0.2) is 11.1 Å². The van der Waals surface area contributed by atoms with E-state index in [2.05, 4.69) is 4.99 Å². The van der Waals surface area contributed by atoms with Crippen molar-refractivity contribution in [3.63, 3.8) is 0 Å². The molecule has 0 spiro atoms. The van der Waals surface area contributed by atoms with E-state index in [-0.39, 0.29) is 23.0 Å². The Morgan fingerprint density at radius 3 is 2.50 bits per heavy atom. The van der Waals surface area contributed by atoms with Crippen molar-refractivity contribution in [2.24, 2.45) is 4.99 Å². The van der Waals surface area contributed by atoms with Crippen LogP contribution in [0.1, 0.15) is 45.6 Å². The van der Waals surface area contributed by atoms with Crippen LogP contribution in [0.4, 0.5) is 0 Å². The summed E-state index contributed by atoms with van der Waals surface area (Å²) in [4.78, 5) is 16.2. The zero-order chi connectivity index (χ0) is 19.3. The second-order valence-corrected chi connectivity index (χ2v) is 8.25. The van der Waals surface area contributed by atoms with Crippen molar-refractivity contribution < 1.29 is 22.7 Å². The molecule has 0 saturated heterocycles. The topological polar surface area (TPSA) is 82.0 Å². The van der Waals surface area contributed by atoms with Gasteiger partial charge in [-0.25, -0.2) is 13.4 Å². The molecule has 2 rings (SSSR count). The van der Waals surface area contributed by atoms with E-state index in [1.165, 1.54) is 0 Å². The highest BCUT2D eigenvalue weighted by atomic mass is 32.2. The third-order valence-corrected chi connectivity index (χ3v) is 5.94. The highest BCUT2D eigenvalue weighted by molar-refractivity contribution is 7.92. The molecule has 2 unspecified atom stereocenters. The molecule has 1 aromatic carbocycles. The standard InChI is InChI=1S/C19H25NO5S/c1-5-7-16(25-17(21)8-6-2)18-20-19(14(4)24-18)26(22,23)15-11-9-13(3)10-12-15/h7,9-12,14,19H,5-6,8H2,1-4H3/b16-7+. The van der Waals surface area contributed by atoms with Crippen molar-refractivity contribution in [3.05, 3.63) is 41.7 Å². The lowest BCUT2D eigenvalue weighted by molar-refractivity contribution is -0.139. The lowest BCUT2D eigenvalue weighted by Gasteiger charge is -2.14. The van der Waals surface area contributed by atoms with Gasteiger partial charge in [-0.1, -0.05) is 31.5 Å². The Balaban J connectivity index is 2.31. The van der Waals surface area contributed by atoms with Gasteiger partial charge in [-0.3, -0.25) is 4.79 Å². The molecule has 0 radical (unpaired) electrons. The maximum Gasteiger partial charge on any atom is 0.311 e. The minimum absolute atomic E-state index is 0.0597. The van der Waals surface area contributed by atoms with Crippen LogP contribution in [0.5, 0.6) is 0 Å². The van der Waals surface area contributed by atoms with Crippen LogP contribution in [-0.4, -0.2) is 31.8 Å². The molecule has 1 aliphatic heterocycles. The smallest absolute Gasteiger partial charge is 0.311 e. The van der Waals surface area contributed by atoms with Gasteiger partial charge in [-0.2, -0.15) is 0 Å². The highest BCUT2D eigenvalue weighted by Crippen LogP contribution is 2.28. The van der Waals surface area contributed by atoms with Crippen LogP contribution in [0.15, 0.2) is 46.0 Å². The lowest BCUT2D eigenvalue weighted by Crippen LogP contribution is -2.28. The van der Waals surface area contributed by atoms with E-state index in [0.717, 1.165) is 5.56 Å². The Kier molecular flexibility index (Phi) is 6.58. The van der Waals surface area contributed by atoms with Gasteiger partial charge in [0.25, 0.3) is 5.90 Å². The second kappa shape index (κ2) is 8.49. The number of rotatable bonds is 7. The number of sulfone groups is 1. The minimum Gasteiger partial charge on any atom is -0.469 e. The first-order chi connectivity index (χ1) is 12.3. The fourth-order valence-electron chi connectivity index (χ4n) is 2.53. The number of nitrogens with zero attached hydrogens (tertiary/aromatic N) is 1. The number of aliphatic imine (C=N–C) groups is 1. The van der Waals surface area contributed by atoms with Crippen LogP contribution in [-0.2, 0) is 24.1 Å². The molecule has 0 fully saturated rings. The van der Waals surface area contributed by atoms with E-state index in [9.17, 15) is 13.2 Å². The van der Waals surface area contributed by atoms with Crippen molar-refractivity contribution in [1.29, 1.82) is 0 Å². The summed E-state index contributed by atoms with van der Waals surface area (Å²) in [5, 5.41) is -1.08. The Labute approximate surface area is 154 Å². The number of allylic oxidation sites excluding steroid dienone is 1. The third kappa shape index (κ3) is 4.52. The fraction of sp³-hybridized carbons (Fsp3) is 0.474. The van der Waals surface area contributed by atoms with Crippen molar-refractivity contribution in [2.45, 2.75) is 63.3 Å². The molecule has 0 saturated carbocycles. The zero-order valence-electron chi connectivity index (χ0n) is 15.6. The molecule has 7 heteroatoms. The molecule has 1 aromatic rings. The molecule has 1 heterocycles. The van der Waals surface area contributed by atoms with E-state index >= 15 is 0 Å². The highest BCUT2D eigenvalue weighted by Gasteiger charge is 2.40. The molecule has 0 amide bonds. The summed E-state index contributed by atoms with van der Waals surface area (Å²) >= 11 is 0. The lowest BCUT2D eigenvalue weighted by atomic mass is 10.2. The third-order valence-electron chi connectivity index (χ3n) is 3.89. The summed E-state index contributed by atoms with van der Waals surface area (Å²) in [6.45, 7) is 7.29. The predicted octanol–water partition coefficient (Wildman–Crippen LogP) is 3.55. The quantitative estimate of drug-likeness (QED) is 0.534. The van der Waals surface area contributed by atoms with E-state index in [1.807, 2.05) is 20.8 Å². The van der Waals surface area contributed by atoms with E-state index in [4.69, 9.17) is 9.47 Å². The van der Waals surface area contributed by atoms with Crippen molar-refractivity contribution in [1.82, 2.24) is 0 Å². The Bertz CT molecular complexity index is 809. The number of carbonyl (C=O) groups excluding carboxylic acids is 1. The van der Waals surface area contributed by atoms with Crippen molar-refractivity contribution >= 4 is 21.7 Å². The van der Waals surface area contributed by atoms with Crippen LogP contribution in [0.25, 0.3) is 0 Å². The number of aryl methyl sites for hydroxylation is 1. The molecule has 0 N–H and O–H groups in total. The molecule has 142 valence electrons. The maximum absolute atomic E-state index is 12.9. The predicted molar refractivity (Wildman–Crippen MR) is 99.5 cm³/mol. The van der Waals surface area contributed by atoms with Crippen LogP contribution in [0, 0.1) is 6.92 Å². The molecule has 26 heavy (non-hydrogen) atoms. The number of hydrogen-bond acceptors (Lipinski definition) is 6. The van der Waals surface area contributed by atoms with Gasteiger partial charge in [0.2, 0.25) is 9.84 Å². The van der Waals surface area contributed by atoms with E-state index < -0.39 is 27.3 Å². The van der Waals surface area contributed by atoms with Gasteiger partial charge in [0.05, 0.1) is 4.90 Å². The largest absolute Gasteiger partial charge is 0.469 e. The van der Waals surface area contributed by atoms with Gasteiger partial charge in [-0.05, 0) is 44.9 Å². The number of ether oxygens (including phenoxy) is 2. The fourth-order valence-corrected chi connectivity index (χ4v) is 4.12. The molecule has 0 bridgehead atoms. The van der Waals surface area contributed by atoms with Gasteiger partial charge >= 0.3 is 5.97 Å². The minimum atomic E-state index is -3.70. The Morgan fingerprint density at radius 2 is 1.92 bits per heavy atom. The number of carbonyl (C=O) groups is 1. The SMILES string of the molecule is CC/C=C(/OC(=O)CCC)C1=NC(S(=O)(=O)c2ccc(C)cc2)C(C)O1. The van der Waals surface area contributed by atoms with Crippen LogP contribution in [0.2, 0.25) is 0 Å². The Morgan fingerprint density at radius 1 is 1.27 bits per heavy atom. The van der Waals surface area contributed by atoms with Crippen molar-refractivity contribution in [2.75, 3.05) is 0 Å². The number of benzene rings is 1. The van der Waals surface area contributed by atoms with Gasteiger partial charge in [-0.15, -0.1) is 0 Å². The summed E-state index contributed by atoms with van der Waals surface area (Å²) in [5.74, 6) is -0.153. The molecule has 0 aromatic heterocycles. The summed E-state index contributed by atoms with van der Waals surface area (Å²) in [7, 11) is -3.70. The number of esters is 1. The maximum atomic E-state index is 12.9. The molecule has 2 atom stereocenters. The summed E-state index contributed by atoms with van der Waals surface area (Å²) in [6.07, 6.45) is 2.52. The van der Waals surface area contributed by atoms with Gasteiger partial charge in [0, 0.05) is 6.42 Å². The average molecular weight is 379 g/mol. The summed E-state index contributed by atoms with van der Waals surface area (Å²) < 4.78 is 36.7. The molecular formula is C19H25NO5S. The zero-order valence-corrected chi connectivity index (χ0v) is 16.4. The van der Waals surface area contributed by atoms with Crippen LogP contribution < -0.4 is 0 Å². The summed E-state index contributed by atoms with van der Waals surface area (Å²) in [6, 6.07) is 6.61.